The Morgan fingerprint density at radius 1 is 1.08 bits per heavy atom. The molecule has 1 aliphatic rings. The SMILES string of the molecule is O=C(NC(=S)Nc1ccc2oc(-c3ccc(Cl)cc3Cl)nc2c1)c1ccc(N2CCOCC2)c([N+](=O)[O-])c1. The molecule has 0 atom stereocenters. The number of aromatic nitrogens is 1. The molecule has 4 aromatic rings. The minimum Gasteiger partial charge on any atom is -0.436 e. The third kappa shape index (κ3) is 5.55. The van der Waals surface area contributed by atoms with Crippen molar-refractivity contribution in [1.29, 1.82) is 0 Å². The lowest BCUT2D eigenvalue weighted by atomic mass is 10.1. The van der Waals surface area contributed by atoms with Crippen molar-refractivity contribution in [3.05, 3.63) is 80.3 Å². The molecule has 13 heteroatoms. The molecule has 1 fully saturated rings. The van der Waals surface area contributed by atoms with Crippen LogP contribution in [0.5, 0.6) is 0 Å². The summed E-state index contributed by atoms with van der Waals surface area (Å²) in [6, 6.07) is 14.5. The van der Waals surface area contributed by atoms with Crippen molar-refractivity contribution in [3.63, 3.8) is 0 Å². The minimum absolute atomic E-state index is 0.0127. The highest BCUT2D eigenvalue weighted by Gasteiger charge is 2.23. The Balaban J connectivity index is 1.29. The maximum atomic E-state index is 12.8. The summed E-state index contributed by atoms with van der Waals surface area (Å²) in [7, 11) is 0. The van der Waals surface area contributed by atoms with Gasteiger partial charge in [-0.05, 0) is 60.7 Å². The van der Waals surface area contributed by atoms with E-state index in [4.69, 9.17) is 44.6 Å². The normalized spacial score (nSPS) is 13.4. The number of carbonyl (C=O) groups is 1. The highest BCUT2D eigenvalue weighted by atomic mass is 35.5. The molecular formula is C25H19Cl2N5O5S. The standard InChI is InChI=1S/C25H19Cl2N5O5S/c26-15-2-4-17(18(27)12-15)24-29-19-13-16(3-6-22(19)37-24)28-25(38)30-23(33)14-1-5-20(21(11-14)32(34)35)31-7-9-36-10-8-31/h1-6,11-13H,7-10H2,(H2,28,30,33,38). The average Bonchev–Trinajstić information content (AvgIpc) is 3.31. The van der Waals surface area contributed by atoms with Gasteiger partial charge in [0.1, 0.15) is 11.2 Å². The fourth-order valence-electron chi connectivity index (χ4n) is 4.00. The van der Waals surface area contributed by atoms with Gasteiger partial charge in [0, 0.05) is 35.4 Å². The number of fused-ring (bicyclic) bond motifs is 1. The van der Waals surface area contributed by atoms with E-state index in [9.17, 15) is 14.9 Å². The van der Waals surface area contributed by atoms with Crippen molar-refractivity contribution in [2.45, 2.75) is 0 Å². The van der Waals surface area contributed by atoms with Crippen molar-refractivity contribution in [1.82, 2.24) is 10.3 Å². The molecule has 0 spiro atoms. The third-order valence-electron chi connectivity index (χ3n) is 5.82. The van der Waals surface area contributed by atoms with Crippen molar-refractivity contribution < 1.29 is 18.9 Å². The smallest absolute Gasteiger partial charge is 0.293 e. The quantitative estimate of drug-likeness (QED) is 0.177. The Bertz CT molecular complexity index is 1570. The first kappa shape index (κ1) is 25.9. The van der Waals surface area contributed by atoms with Crippen LogP contribution in [0.4, 0.5) is 17.1 Å². The van der Waals surface area contributed by atoms with Crippen LogP contribution in [0.2, 0.25) is 10.0 Å². The number of hydrogen-bond acceptors (Lipinski definition) is 8. The van der Waals surface area contributed by atoms with Crippen LogP contribution in [0, 0.1) is 10.1 Å². The summed E-state index contributed by atoms with van der Waals surface area (Å²) in [6.07, 6.45) is 0. The number of morpholine rings is 1. The van der Waals surface area contributed by atoms with Crippen LogP contribution >= 0.6 is 35.4 Å². The van der Waals surface area contributed by atoms with Crippen LogP contribution < -0.4 is 15.5 Å². The number of anilines is 2. The van der Waals surface area contributed by atoms with E-state index in [1.54, 1.807) is 42.5 Å². The van der Waals surface area contributed by atoms with Crippen LogP contribution in [0.25, 0.3) is 22.6 Å². The number of benzene rings is 3. The molecule has 0 aliphatic carbocycles. The molecule has 0 bridgehead atoms. The predicted molar refractivity (Wildman–Crippen MR) is 149 cm³/mol. The maximum Gasteiger partial charge on any atom is 0.293 e. The fraction of sp³-hybridized carbons (Fsp3) is 0.160. The lowest BCUT2D eigenvalue weighted by Gasteiger charge is -2.28. The molecule has 38 heavy (non-hydrogen) atoms. The summed E-state index contributed by atoms with van der Waals surface area (Å²) in [6.45, 7) is 2.03. The molecule has 5 rings (SSSR count). The largest absolute Gasteiger partial charge is 0.436 e. The van der Waals surface area contributed by atoms with E-state index in [0.29, 0.717) is 70.3 Å². The van der Waals surface area contributed by atoms with E-state index in [0.717, 1.165) is 0 Å². The van der Waals surface area contributed by atoms with Crippen LogP contribution in [0.15, 0.2) is 59.0 Å². The van der Waals surface area contributed by atoms with Gasteiger partial charge in [0.15, 0.2) is 10.7 Å². The number of rotatable bonds is 5. The summed E-state index contributed by atoms with van der Waals surface area (Å²) in [5, 5.41) is 18.1. The monoisotopic (exact) mass is 571 g/mol. The van der Waals surface area contributed by atoms with Crippen LogP contribution in [-0.4, -0.2) is 47.2 Å². The van der Waals surface area contributed by atoms with E-state index < -0.39 is 10.8 Å². The molecule has 2 N–H and O–H groups in total. The maximum absolute atomic E-state index is 12.8. The first-order chi connectivity index (χ1) is 18.3. The molecule has 194 valence electrons. The Hall–Kier alpha value is -3.77. The minimum atomic E-state index is -0.582. The molecule has 1 saturated heterocycles. The zero-order chi connectivity index (χ0) is 26.8. The zero-order valence-corrected chi connectivity index (χ0v) is 21.9. The van der Waals surface area contributed by atoms with Gasteiger partial charge in [0.05, 0.1) is 28.7 Å². The van der Waals surface area contributed by atoms with Gasteiger partial charge in [0.25, 0.3) is 11.6 Å². The second-order valence-electron chi connectivity index (χ2n) is 8.29. The van der Waals surface area contributed by atoms with Crippen molar-refractivity contribution in [2.24, 2.45) is 0 Å². The van der Waals surface area contributed by atoms with Crippen LogP contribution in [-0.2, 0) is 4.74 Å². The van der Waals surface area contributed by atoms with E-state index in [-0.39, 0.29) is 16.4 Å². The van der Waals surface area contributed by atoms with Crippen molar-refractivity contribution in [2.75, 3.05) is 36.5 Å². The summed E-state index contributed by atoms with van der Waals surface area (Å²) < 4.78 is 11.1. The Morgan fingerprint density at radius 2 is 1.87 bits per heavy atom. The topological polar surface area (TPSA) is 123 Å². The van der Waals surface area contributed by atoms with Crippen LogP contribution in [0.1, 0.15) is 10.4 Å². The van der Waals surface area contributed by atoms with Gasteiger partial charge in [-0.15, -0.1) is 0 Å². The van der Waals surface area contributed by atoms with Crippen molar-refractivity contribution in [3.8, 4) is 11.5 Å². The molecule has 0 radical (unpaired) electrons. The van der Waals surface area contributed by atoms with Gasteiger partial charge in [0.2, 0.25) is 5.89 Å². The number of nitro groups is 1. The number of carbonyl (C=O) groups excluding carboxylic acids is 1. The van der Waals surface area contributed by atoms with E-state index in [1.165, 1.54) is 12.1 Å². The number of nitrogens with zero attached hydrogens (tertiary/aromatic N) is 3. The summed E-state index contributed by atoms with van der Waals surface area (Å²) in [5.74, 6) is -0.252. The highest BCUT2D eigenvalue weighted by molar-refractivity contribution is 7.80. The van der Waals surface area contributed by atoms with Gasteiger partial charge in [-0.1, -0.05) is 23.2 Å². The number of halogens is 2. The molecule has 1 aromatic heterocycles. The second-order valence-corrected chi connectivity index (χ2v) is 9.55. The van der Waals surface area contributed by atoms with Gasteiger partial charge in [-0.2, -0.15) is 0 Å². The van der Waals surface area contributed by atoms with E-state index >= 15 is 0 Å². The van der Waals surface area contributed by atoms with E-state index in [2.05, 4.69) is 15.6 Å². The molecule has 3 aromatic carbocycles. The number of hydrogen-bond donors (Lipinski definition) is 2. The van der Waals surface area contributed by atoms with Gasteiger partial charge < -0.3 is 19.4 Å². The Morgan fingerprint density at radius 3 is 2.61 bits per heavy atom. The highest BCUT2D eigenvalue weighted by Crippen LogP contribution is 2.33. The Labute approximate surface area is 231 Å². The number of ether oxygens (including phenoxy) is 1. The van der Waals surface area contributed by atoms with Gasteiger partial charge in [-0.25, -0.2) is 4.98 Å². The van der Waals surface area contributed by atoms with Crippen molar-refractivity contribution >= 4 is 74.6 Å². The molecule has 1 amide bonds. The number of oxazole rings is 1. The Kier molecular flexibility index (Phi) is 7.43. The predicted octanol–water partition coefficient (Wildman–Crippen LogP) is 5.67. The fourth-order valence-corrected chi connectivity index (χ4v) is 4.70. The summed E-state index contributed by atoms with van der Waals surface area (Å²) in [5.41, 5.74) is 2.60. The molecule has 10 nitrogen and oxygen atoms in total. The van der Waals surface area contributed by atoms with E-state index in [1.807, 2.05) is 4.90 Å². The molecule has 1 aliphatic heterocycles. The molecule has 0 unspecified atom stereocenters. The van der Waals surface area contributed by atoms with Gasteiger partial charge >= 0.3 is 0 Å². The number of thiocarbonyl (C=S) groups is 1. The molecular weight excluding hydrogens is 553 g/mol. The summed E-state index contributed by atoms with van der Waals surface area (Å²) >= 11 is 17.5. The molecule has 0 saturated carbocycles. The first-order valence-electron chi connectivity index (χ1n) is 11.4. The second kappa shape index (κ2) is 10.9. The zero-order valence-electron chi connectivity index (χ0n) is 19.6. The first-order valence-corrected chi connectivity index (χ1v) is 12.5. The third-order valence-corrected chi connectivity index (χ3v) is 6.57. The van der Waals surface area contributed by atoms with Gasteiger partial charge in [-0.3, -0.25) is 20.2 Å². The number of amides is 1. The molecule has 2 heterocycles. The summed E-state index contributed by atoms with van der Waals surface area (Å²) in [4.78, 5) is 30.3. The number of nitrogens with one attached hydrogen (secondary N) is 2. The lowest BCUT2D eigenvalue weighted by Crippen LogP contribution is -2.37. The number of nitro benzene ring substituents is 1. The van der Waals surface area contributed by atoms with Crippen LogP contribution in [0.3, 0.4) is 0 Å². The lowest BCUT2D eigenvalue weighted by molar-refractivity contribution is -0.384. The average molecular weight is 572 g/mol.